The third kappa shape index (κ3) is 5.69. The summed E-state index contributed by atoms with van der Waals surface area (Å²) >= 11 is 14.9. The van der Waals surface area contributed by atoms with Crippen molar-refractivity contribution in [3.63, 3.8) is 0 Å². The minimum absolute atomic E-state index is 0.145. The van der Waals surface area contributed by atoms with Crippen LogP contribution in [0.15, 0.2) is 54.6 Å². The van der Waals surface area contributed by atoms with E-state index in [0.29, 0.717) is 45.8 Å². The van der Waals surface area contributed by atoms with Gasteiger partial charge in [0.2, 0.25) is 5.75 Å². The average molecular weight is 644 g/mol. The zero-order chi connectivity index (χ0) is 30.2. The largest absolute Gasteiger partial charge is 0.493 e. The molecule has 3 aromatic carbocycles. The van der Waals surface area contributed by atoms with Crippen LogP contribution in [-0.2, 0) is 20.8 Å². The van der Waals surface area contributed by atoms with Gasteiger partial charge in [0.15, 0.2) is 11.5 Å². The van der Waals surface area contributed by atoms with Crippen LogP contribution < -0.4 is 14.2 Å². The predicted octanol–water partition coefficient (Wildman–Crippen LogP) is 6.97. The molecular weight excluding hydrogens is 607 g/mol. The third-order valence-electron chi connectivity index (χ3n) is 9.10. The molecule has 0 radical (unpaired) electrons. The Kier molecular flexibility index (Phi) is 8.77. The number of methoxy groups -OCH3 is 3. The van der Waals surface area contributed by atoms with Crippen LogP contribution in [0.25, 0.3) is 0 Å². The fourth-order valence-corrected chi connectivity index (χ4v) is 8.45. The number of halogens is 2. The third-order valence-corrected chi connectivity index (χ3v) is 11.5. The van der Waals surface area contributed by atoms with Crippen molar-refractivity contribution in [1.82, 2.24) is 9.80 Å². The highest BCUT2D eigenvalue weighted by Crippen LogP contribution is 2.53. The molecular formula is C33H36Cl2N2O5S. The van der Waals surface area contributed by atoms with E-state index in [9.17, 15) is 4.79 Å². The quantitative estimate of drug-likeness (QED) is 0.263. The van der Waals surface area contributed by atoms with Gasteiger partial charge >= 0.3 is 0 Å². The minimum Gasteiger partial charge on any atom is -0.493 e. The molecule has 0 bridgehead atoms. The Morgan fingerprint density at radius 3 is 2.35 bits per heavy atom. The van der Waals surface area contributed by atoms with Gasteiger partial charge in [0.25, 0.3) is 5.91 Å². The number of benzene rings is 3. The molecule has 7 nitrogen and oxygen atoms in total. The second kappa shape index (κ2) is 12.4. The number of carbonyl (C=O) groups is 1. The fourth-order valence-electron chi connectivity index (χ4n) is 6.64. The van der Waals surface area contributed by atoms with Crippen molar-refractivity contribution in [1.29, 1.82) is 0 Å². The molecule has 43 heavy (non-hydrogen) atoms. The Hall–Kier alpha value is -2.62. The highest BCUT2D eigenvalue weighted by Gasteiger charge is 2.45. The molecule has 2 saturated heterocycles. The second-order valence-corrected chi connectivity index (χ2v) is 13.5. The topological polar surface area (TPSA) is 60.5 Å². The molecule has 0 aliphatic carbocycles. The molecule has 0 N–H and O–H groups in total. The van der Waals surface area contributed by atoms with Crippen LogP contribution in [0.3, 0.4) is 0 Å². The summed E-state index contributed by atoms with van der Waals surface area (Å²) < 4.78 is 23.2. The average Bonchev–Trinajstić information content (AvgIpc) is 3.64. The first kappa shape index (κ1) is 30.4. The SMILES string of the molecule is COc1cc(C(=O)N2CO[C@](CCN3CCC4(CC3)SCc3ccccc34)(c3ccc(Cl)c(Cl)c3)C2)cc(OC)c1OC. The molecule has 3 aliphatic heterocycles. The van der Waals surface area contributed by atoms with E-state index in [1.54, 1.807) is 23.1 Å². The number of rotatable bonds is 8. The number of amides is 1. The van der Waals surface area contributed by atoms with Crippen LogP contribution in [-0.4, -0.2) is 69.9 Å². The summed E-state index contributed by atoms with van der Waals surface area (Å²) in [7, 11) is 4.61. The van der Waals surface area contributed by atoms with Crippen LogP contribution in [0.1, 0.15) is 46.3 Å². The van der Waals surface area contributed by atoms with Gasteiger partial charge in [-0.05, 0) is 73.3 Å². The van der Waals surface area contributed by atoms with Gasteiger partial charge in [-0.15, -0.1) is 11.8 Å². The normalized spacial score (nSPS) is 21.2. The molecule has 0 unspecified atom stereocenters. The van der Waals surface area contributed by atoms with Crippen molar-refractivity contribution in [3.05, 3.63) is 86.9 Å². The minimum atomic E-state index is -0.728. The first-order valence-corrected chi connectivity index (χ1v) is 16.2. The predicted molar refractivity (Wildman–Crippen MR) is 171 cm³/mol. The first-order valence-electron chi connectivity index (χ1n) is 14.4. The molecule has 0 saturated carbocycles. The van der Waals surface area contributed by atoms with E-state index in [2.05, 4.69) is 40.9 Å². The van der Waals surface area contributed by atoms with Crippen molar-refractivity contribution in [2.75, 3.05) is 54.2 Å². The second-order valence-electron chi connectivity index (χ2n) is 11.3. The van der Waals surface area contributed by atoms with Gasteiger partial charge in [-0.25, -0.2) is 0 Å². The number of nitrogens with zero attached hydrogens (tertiary/aromatic N) is 2. The fraction of sp³-hybridized carbons (Fsp3) is 0.424. The lowest BCUT2D eigenvalue weighted by Crippen LogP contribution is -2.43. The molecule has 0 aromatic heterocycles. The van der Waals surface area contributed by atoms with E-state index >= 15 is 0 Å². The van der Waals surface area contributed by atoms with Crippen LogP contribution in [0.5, 0.6) is 17.2 Å². The highest BCUT2D eigenvalue weighted by atomic mass is 35.5. The van der Waals surface area contributed by atoms with E-state index in [4.69, 9.17) is 42.1 Å². The first-order chi connectivity index (χ1) is 20.8. The molecule has 3 aliphatic rings. The molecule has 10 heteroatoms. The summed E-state index contributed by atoms with van der Waals surface area (Å²) in [5.41, 5.74) is 3.62. The van der Waals surface area contributed by atoms with Gasteiger partial charge in [0.05, 0.1) is 37.9 Å². The van der Waals surface area contributed by atoms with E-state index in [1.807, 2.05) is 12.1 Å². The number of ether oxygens (including phenoxy) is 4. The lowest BCUT2D eigenvalue weighted by atomic mass is 9.85. The number of thioether (sulfide) groups is 1. The van der Waals surface area contributed by atoms with Crippen LogP contribution in [0, 0.1) is 0 Å². The molecule has 1 atom stereocenters. The summed E-state index contributed by atoms with van der Waals surface area (Å²) in [6.45, 7) is 3.41. The lowest BCUT2D eigenvalue weighted by Gasteiger charge is -2.40. The highest BCUT2D eigenvalue weighted by molar-refractivity contribution is 7.99. The summed E-state index contributed by atoms with van der Waals surface area (Å²) in [4.78, 5) is 18.1. The van der Waals surface area contributed by atoms with E-state index < -0.39 is 5.60 Å². The molecule has 1 amide bonds. The van der Waals surface area contributed by atoms with Gasteiger partial charge in [-0.3, -0.25) is 4.79 Å². The van der Waals surface area contributed by atoms with Gasteiger partial charge in [-0.1, -0.05) is 53.5 Å². The van der Waals surface area contributed by atoms with Gasteiger partial charge in [-0.2, -0.15) is 0 Å². The maximum Gasteiger partial charge on any atom is 0.256 e. The number of carbonyl (C=O) groups excluding carboxylic acids is 1. The molecule has 3 heterocycles. The number of piperidine rings is 1. The molecule has 2 fully saturated rings. The van der Waals surface area contributed by atoms with Gasteiger partial charge < -0.3 is 28.7 Å². The smallest absolute Gasteiger partial charge is 0.256 e. The lowest BCUT2D eigenvalue weighted by molar-refractivity contribution is -0.0129. The Morgan fingerprint density at radius 2 is 1.67 bits per heavy atom. The van der Waals surface area contributed by atoms with Gasteiger partial charge in [0, 0.05) is 22.6 Å². The molecule has 1 spiro atoms. The van der Waals surface area contributed by atoms with Crippen molar-refractivity contribution >= 4 is 40.9 Å². The van der Waals surface area contributed by atoms with E-state index in [0.717, 1.165) is 43.8 Å². The van der Waals surface area contributed by atoms with E-state index in [-0.39, 0.29) is 17.4 Å². The number of fused-ring (bicyclic) bond motifs is 2. The van der Waals surface area contributed by atoms with Crippen molar-refractivity contribution in [3.8, 4) is 17.2 Å². The zero-order valence-electron chi connectivity index (χ0n) is 24.7. The summed E-state index contributed by atoms with van der Waals surface area (Å²) in [5, 5.41) is 0.952. The van der Waals surface area contributed by atoms with Crippen LogP contribution in [0.2, 0.25) is 10.0 Å². The number of likely N-dealkylation sites (tertiary alicyclic amines) is 1. The zero-order valence-corrected chi connectivity index (χ0v) is 27.0. The standard InChI is InChI=1S/C33H36Cl2N2O5S/c1-39-28-16-23(17-29(40-2)30(28)41-3)31(38)37-20-32(42-21-37,24-8-9-26(34)27(35)18-24)10-13-36-14-11-33(12-15-36)25-7-5-4-6-22(25)19-43-33/h4-9,16-18H,10-15,19-21H2,1-3H3/t32-/m0/s1. The van der Waals surface area contributed by atoms with E-state index in [1.165, 1.54) is 32.5 Å². The Labute approximate surface area is 267 Å². The number of hydrogen-bond acceptors (Lipinski definition) is 7. The monoisotopic (exact) mass is 642 g/mol. The maximum absolute atomic E-state index is 13.8. The molecule has 3 aromatic rings. The van der Waals surface area contributed by atoms with Crippen molar-refractivity contribution in [2.45, 2.75) is 35.4 Å². The van der Waals surface area contributed by atoms with Crippen LogP contribution >= 0.6 is 35.0 Å². The Morgan fingerprint density at radius 1 is 0.953 bits per heavy atom. The van der Waals surface area contributed by atoms with Gasteiger partial charge in [0.1, 0.15) is 12.3 Å². The Bertz CT molecular complexity index is 1490. The maximum atomic E-state index is 13.8. The summed E-state index contributed by atoms with van der Waals surface area (Å²) in [6, 6.07) is 17.9. The molecule has 228 valence electrons. The van der Waals surface area contributed by atoms with Crippen LogP contribution in [0.4, 0.5) is 0 Å². The number of hydrogen-bond donors (Lipinski definition) is 0. The summed E-state index contributed by atoms with van der Waals surface area (Å²) in [5.74, 6) is 2.20. The summed E-state index contributed by atoms with van der Waals surface area (Å²) in [6.07, 6.45) is 2.96. The van der Waals surface area contributed by atoms with Crippen molar-refractivity contribution < 1.29 is 23.7 Å². The van der Waals surface area contributed by atoms with Crippen molar-refractivity contribution in [2.24, 2.45) is 0 Å². The Balaban J connectivity index is 1.20. The molecule has 6 rings (SSSR count).